The van der Waals surface area contributed by atoms with Crippen molar-refractivity contribution in [1.82, 2.24) is 0 Å². The Hall–Kier alpha value is 0.630. The van der Waals surface area contributed by atoms with E-state index in [2.05, 4.69) is 38.8 Å². The highest BCUT2D eigenvalue weighted by molar-refractivity contribution is 9.14. The van der Waals surface area contributed by atoms with Gasteiger partial charge in [0.1, 0.15) is 0 Å². The van der Waals surface area contributed by atoms with E-state index in [4.69, 9.17) is 0 Å². The number of alkyl halides is 2. The topological polar surface area (TPSA) is 0 Å². The van der Waals surface area contributed by atoms with Crippen LogP contribution in [0.1, 0.15) is 26.7 Å². The molecule has 0 nitrogen and oxygen atoms in total. The molecule has 0 aliphatic rings. The maximum Gasteiger partial charge on any atom is 0.186 e. The average molecular weight is 274 g/mol. The van der Waals surface area contributed by atoms with Crippen molar-refractivity contribution in [2.45, 2.75) is 31.8 Å². The van der Waals surface area contributed by atoms with E-state index in [1.807, 2.05) is 6.92 Å². The Bertz CT molecular complexity index is 130. The molecule has 0 spiro atoms. The molecular weight excluding hydrogens is 263 g/mol. The van der Waals surface area contributed by atoms with Gasteiger partial charge in [0.2, 0.25) is 0 Å². The summed E-state index contributed by atoms with van der Waals surface area (Å²) in [6.45, 7) is 4.01. The monoisotopic (exact) mass is 272 g/mol. The third-order valence-electron chi connectivity index (χ3n) is 1.22. The molecule has 1 unspecified atom stereocenters. The van der Waals surface area contributed by atoms with E-state index in [1.165, 1.54) is 0 Å². The molecule has 0 aromatic rings. The Labute approximate surface area is 78.1 Å². The van der Waals surface area contributed by atoms with Crippen molar-refractivity contribution in [2.75, 3.05) is 0 Å². The molecule has 1 atom stereocenters. The van der Waals surface area contributed by atoms with E-state index in [0.29, 0.717) is 4.48 Å². The lowest BCUT2D eigenvalue weighted by Crippen LogP contribution is -1.90. The summed E-state index contributed by atoms with van der Waals surface area (Å²) in [5.74, 6) is 0. The van der Waals surface area contributed by atoms with Gasteiger partial charge < -0.3 is 0 Å². The molecule has 0 rings (SSSR count). The van der Waals surface area contributed by atoms with Crippen molar-refractivity contribution in [3.8, 4) is 0 Å². The minimum absolute atomic E-state index is 0.634. The number of rotatable bonds is 3. The summed E-state index contributed by atoms with van der Waals surface area (Å²) < 4.78 is 13.1. The van der Waals surface area contributed by atoms with Gasteiger partial charge >= 0.3 is 0 Å². The van der Waals surface area contributed by atoms with Crippen LogP contribution in [0.3, 0.4) is 0 Å². The summed E-state index contributed by atoms with van der Waals surface area (Å²) in [4.78, 5) is 0. The highest BCUT2D eigenvalue weighted by Gasteiger charge is 2.07. The van der Waals surface area contributed by atoms with Crippen LogP contribution in [-0.2, 0) is 0 Å². The maximum absolute atomic E-state index is 12.5. The maximum atomic E-state index is 12.5. The van der Waals surface area contributed by atoms with Crippen LogP contribution in [0.15, 0.2) is 10.1 Å². The molecular formula is C7H11Br2F. The van der Waals surface area contributed by atoms with E-state index in [1.54, 1.807) is 0 Å². The molecule has 0 fully saturated rings. The highest BCUT2D eigenvalue weighted by Crippen LogP contribution is 2.25. The molecule has 0 radical (unpaired) electrons. The van der Waals surface area contributed by atoms with E-state index in [-0.39, 0.29) is 0 Å². The molecule has 0 aromatic carbocycles. The normalized spacial score (nSPS) is 16.5. The standard InChI is InChI=1S/C7H11Br2F/c1-3-4-5(2)6(8)7(9)10/h7H,3-4H2,1-2H3. The Morgan fingerprint density at radius 1 is 1.60 bits per heavy atom. The molecule has 0 aliphatic carbocycles. The number of halogens is 3. The molecule has 0 bridgehead atoms. The minimum atomic E-state index is -1.04. The van der Waals surface area contributed by atoms with Crippen LogP contribution < -0.4 is 0 Å². The van der Waals surface area contributed by atoms with E-state index in [0.717, 1.165) is 18.4 Å². The second-order valence-corrected chi connectivity index (χ2v) is 3.84. The lowest BCUT2D eigenvalue weighted by molar-refractivity contribution is 0.522. The van der Waals surface area contributed by atoms with Gasteiger partial charge in [-0.3, -0.25) is 0 Å². The third-order valence-corrected chi connectivity index (χ3v) is 3.38. The Balaban J connectivity index is 4.05. The van der Waals surface area contributed by atoms with Gasteiger partial charge in [-0.1, -0.05) is 34.8 Å². The molecule has 0 amide bonds. The molecule has 0 N–H and O–H groups in total. The van der Waals surface area contributed by atoms with Crippen LogP contribution in [0.5, 0.6) is 0 Å². The quantitative estimate of drug-likeness (QED) is 0.678. The summed E-state index contributed by atoms with van der Waals surface area (Å²) in [6.07, 6.45) is 2.01. The number of hydrogen-bond acceptors (Lipinski definition) is 0. The minimum Gasteiger partial charge on any atom is -0.229 e. The molecule has 0 saturated heterocycles. The third kappa shape index (κ3) is 3.71. The summed E-state index contributed by atoms with van der Waals surface area (Å²) in [5.41, 5.74) is 1.08. The van der Waals surface area contributed by atoms with Gasteiger partial charge in [0.15, 0.2) is 5.08 Å². The molecule has 0 saturated carbocycles. The van der Waals surface area contributed by atoms with Crippen LogP contribution in [0, 0.1) is 0 Å². The summed E-state index contributed by atoms with van der Waals surface area (Å²) in [5, 5.41) is -1.04. The lowest BCUT2D eigenvalue weighted by atomic mass is 10.2. The smallest absolute Gasteiger partial charge is 0.186 e. The fraction of sp³-hybridized carbons (Fsp3) is 0.714. The zero-order valence-corrected chi connectivity index (χ0v) is 9.30. The van der Waals surface area contributed by atoms with Gasteiger partial charge in [-0.2, -0.15) is 0 Å². The Kier molecular flexibility index (Phi) is 5.64. The summed E-state index contributed by atoms with van der Waals surface area (Å²) >= 11 is 6.01. The van der Waals surface area contributed by atoms with Crippen LogP contribution in [0.2, 0.25) is 0 Å². The van der Waals surface area contributed by atoms with Crippen LogP contribution in [-0.4, -0.2) is 5.08 Å². The van der Waals surface area contributed by atoms with Gasteiger partial charge in [-0.25, -0.2) is 4.39 Å². The zero-order valence-electron chi connectivity index (χ0n) is 6.13. The fourth-order valence-electron chi connectivity index (χ4n) is 0.681. The predicted octanol–water partition coefficient (Wildman–Crippen LogP) is 4.15. The SMILES string of the molecule is CCCC(C)=C(Br)C(F)Br. The average Bonchev–Trinajstić information content (AvgIpc) is 1.87. The van der Waals surface area contributed by atoms with Crippen LogP contribution in [0.4, 0.5) is 4.39 Å². The second-order valence-electron chi connectivity index (χ2n) is 2.18. The predicted molar refractivity (Wildman–Crippen MR) is 50.4 cm³/mol. The van der Waals surface area contributed by atoms with Crippen molar-refractivity contribution in [2.24, 2.45) is 0 Å². The van der Waals surface area contributed by atoms with Crippen molar-refractivity contribution in [3.05, 3.63) is 10.1 Å². The zero-order chi connectivity index (χ0) is 8.15. The van der Waals surface area contributed by atoms with Crippen molar-refractivity contribution >= 4 is 31.9 Å². The van der Waals surface area contributed by atoms with E-state index in [9.17, 15) is 4.39 Å². The first-order valence-electron chi connectivity index (χ1n) is 3.22. The molecule has 0 aliphatic heterocycles. The van der Waals surface area contributed by atoms with E-state index >= 15 is 0 Å². The fourth-order valence-corrected chi connectivity index (χ4v) is 1.27. The van der Waals surface area contributed by atoms with Gasteiger partial charge in [0, 0.05) is 4.48 Å². The van der Waals surface area contributed by atoms with Crippen molar-refractivity contribution in [1.29, 1.82) is 0 Å². The molecule has 0 heterocycles. The van der Waals surface area contributed by atoms with Crippen molar-refractivity contribution in [3.63, 3.8) is 0 Å². The molecule has 10 heavy (non-hydrogen) atoms. The first-order valence-corrected chi connectivity index (χ1v) is 4.93. The van der Waals surface area contributed by atoms with Gasteiger partial charge in [-0.15, -0.1) is 0 Å². The summed E-state index contributed by atoms with van der Waals surface area (Å²) in [6, 6.07) is 0. The van der Waals surface area contributed by atoms with Gasteiger partial charge in [0.05, 0.1) is 0 Å². The Morgan fingerprint density at radius 3 is 2.40 bits per heavy atom. The molecule has 0 aromatic heterocycles. The van der Waals surface area contributed by atoms with Crippen LogP contribution in [0.25, 0.3) is 0 Å². The first kappa shape index (κ1) is 10.6. The number of allylic oxidation sites excluding steroid dienone is 2. The van der Waals surface area contributed by atoms with Crippen LogP contribution >= 0.6 is 31.9 Å². The largest absolute Gasteiger partial charge is 0.229 e. The van der Waals surface area contributed by atoms with E-state index < -0.39 is 5.08 Å². The van der Waals surface area contributed by atoms with Gasteiger partial charge in [0.25, 0.3) is 0 Å². The summed E-state index contributed by atoms with van der Waals surface area (Å²) in [7, 11) is 0. The van der Waals surface area contributed by atoms with Gasteiger partial charge in [-0.05, 0) is 29.3 Å². The number of hydrogen-bond donors (Lipinski definition) is 0. The molecule has 60 valence electrons. The molecule has 3 heteroatoms. The second kappa shape index (κ2) is 5.30. The first-order chi connectivity index (χ1) is 4.59. The lowest BCUT2D eigenvalue weighted by Gasteiger charge is -2.03. The van der Waals surface area contributed by atoms with Crippen molar-refractivity contribution < 1.29 is 4.39 Å². The highest BCUT2D eigenvalue weighted by atomic mass is 79.9. The Morgan fingerprint density at radius 2 is 2.10 bits per heavy atom.